The van der Waals surface area contributed by atoms with E-state index in [1.165, 1.54) is 10.4 Å². The minimum absolute atomic E-state index is 0.243. The van der Waals surface area contributed by atoms with Crippen molar-refractivity contribution in [3.63, 3.8) is 0 Å². The van der Waals surface area contributed by atoms with E-state index in [1.54, 1.807) is 25.3 Å². The summed E-state index contributed by atoms with van der Waals surface area (Å²) < 4.78 is 32.0. The van der Waals surface area contributed by atoms with Crippen LogP contribution in [0.15, 0.2) is 29.2 Å². The molecule has 1 aromatic rings. The Labute approximate surface area is 114 Å². The molecule has 0 aromatic heterocycles. The van der Waals surface area contributed by atoms with Crippen LogP contribution in [0.4, 0.5) is 5.69 Å². The van der Waals surface area contributed by atoms with Crippen molar-refractivity contribution in [2.75, 3.05) is 25.9 Å². The fourth-order valence-electron chi connectivity index (χ4n) is 2.36. The van der Waals surface area contributed by atoms with Gasteiger partial charge in [-0.2, -0.15) is 4.31 Å². The Hall–Kier alpha value is -1.11. The van der Waals surface area contributed by atoms with Crippen LogP contribution in [0.25, 0.3) is 0 Å². The molecule has 0 radical (unpaired) electrons. The molecule has 6 heteroatoms. The summed E-state index contributed by atoms with van der Waals surface area (Å²) in [5, 5.41) is 0. The van der Waals surface area contributed by atoms with Crippen molar-refractivity contribution in [2.45, 2.75) is 30.3 Å². The van der Waals surface area contributed by atoms with Crippen LogP contribution in [0.3, 0.4) is 0 Å². The minimum Gasteiger partial charge on any atom is -0.399 e. The summed E-state index contributed by atoms with van der Waals surface area (Å²) in [6.07, 6.45) is 1.67. The lowest BCUT2D eigenvalue weighted by Crippen LogP contribution is -2.49. The molecule has 106 valence electrons. The Kier molecular flexibility index (Phi) is 3.85. The molecule has 2 rings (SSSR count). The van der Waals surface area contributed by atoms with Crippen molar-refractivity contribution in [3.05, 3.63) is 24.3 Å². The van der Waals surface area contributed by atoms with Gasteiger partial charge < -0.3 is 10.5 Å². The topological polar surface area (TPSA) is 72.6 Å². The van der Waals surface area contributed by atoms with E-state index in [-0.39, 0.29) is 4.90 Å². The van der Waals surface area contributed by atoms with E-state index in [1.807, 2.05) is 6.92 Å². The molecule has 1 aliphatic heterocycles. The Morgan fingerprint density at radius 2 is 2.16 bits per heavy atom. The quantitative estimate of drug-likeness (QED) is 0.853. The van der Waals surface area contributed by atoms with E-state index in [9.17, 15) is 8.42 Å². The lowest BCUT2D eigenvalue weighted by Gasteiger charge is -2.38. The third-order valence-electron chi connectivity index (χ3n) is 3.61. The number of nitrogens with two attached hydrogens (primary N) is 1. The number of anilines is 1. The molecule has 0 aliphatic carbocycles. The highest BCUT2D eigenvalue weighted by Crippen LogP contribution is 2.28. The maximum absolute atomic E-state index is 12.6. The predicted octanol–water partition coefficient (Wildman–Crippen LogP) is 1.46. The second-order valence-electron chi connectivity index (χ2n) is 5.17. The number of hydrogen-bond acceptors (Lipinski definition) is 4. The highest BCUT2D eigenvalue weighted by atomic mass is 32.2. The molecule has 1 fully saturated rings. The number of piperidine rings is 1. The number of nitrogens with zero attached hydrogens (tertiary/aromatic N) is 1. The van der Waals surface area contributed by atoms with Crippen LogP contribution < -0.4 is 5.73 Å². The summed E-state index contributed by atoms with van der Waals surface area (Å²) in [7, 11) is -1.87. The summed E-state index contributed by atoms with van der Waals surface area (Å²) in [4.78, 5) is 0.243. The Morgan fingerprint density at radius 3 is 2.79 bits per heavy atom. The second kappa shape index (κ2) is 5.11. The number of benzene rings is 1. The SMILES string of the molecule is COC1(C)CCCN(S(=O)(=O)c2cccc(N)c2)C1. The van der Waals surface area contributed by atoms with Gasteiger partial charge in [0.1, 0.15) is 0 Å². The van der Waals surface area contributed by atoms with Gasteiger partial charge in [0.05, 0.1) is 10.5 Å². The molecule has 1 heterocycles. The van der Waals surface area contributed by atoms with Gasteiger partial charge in [-0.3, -0.25) is 0 Å². The van der Waals surface area contributed by atoms with Crippen molar-refractivity contribution >= 4 is 15.7 Å². The molecule has 0 bridgehead atoms. The average molecular weight is 284 g/mol. The molecule has 2 N–H and O–H groups in total. The molecule has 1 aliphatic rings. The van der Waals surface area contributed by atoms with Crippen LogP contribution in [0.5, 0.6) is 0 Å². The standard InChI is InChI=1S/C13H20N2O3S/c1-13(18-2)7-4-8-15(10-13)19(16,17)12-6-3-5-11(14)9-12/h3,5-6,9H,4,7-8,10,14H2,1-2H3. The summed E-state index contributed by atoms with van der Waals surface area (Å²) in [5.74, 6) is 0. The van der Waals surface area contributed by atoms with Gasteiger partial charge in [-0.1, -0.05) is 6.07 Å². The van der Waals surface area contributed by atoms with Gasteiger partial charge in [-0.05, 0) is 38.0 Å². The number of ether oxygens (including phenoxy) is 1. The number of nitrogen functional groups attached to an aromatic ring is 1. The first-order valence-electron chi connectivity index (χ1n) is 6.28. The minimum atomic E-state index is -3.49. The van der Waals surface area contributed by atoms with E-state index in [0.717, 1.165) is 12.8 Å². The van der Waals surface area contributed by atoms with E-state index < -0.39 is 15.6 Å². The zero-order chi connectivity index (χ0) is 14.1. The van der Waals surface area contributed by atoms with Crippen LogP contribution >= 0.6 is 0 Å². The highest BCUT2D eigenvalue weighted by molar-refractivity contribution is 7.89. The maximum Gasteiger partial charge on any atom is 0.243 e. The van der Waals surface area contributed by atoms with Crippen molar-refractivity contribution in [3.8, 4) is 0 Å². The van der Waals surface area contributed by atoms with Gasteiger partial charge in [-0.15, -0.1) is 0 Å². The molecule has 5 nitrogen and oxygen atoms in total. The maximum atomic E-state index is 12.6. The van der Waals surface area contributed by atoms with Crippen molar-refractivity contribution in [1.82, 2.24) is 4.31 Å². The van der Waals surface area contributed by atoms with Gasteiger partial charge in [0, 0.05) is 25.9 Å². The van der Waals surface area contributed by atoms with Gasteiger partial charge in [0.15, 0.2) is 0 Å². The van der Waals surface area contributed by atoms with Crippen LogP contribution in [0, 0.1) is 0 Å². The van der Waals surface area contributed by atoms with Crippen molar-refractivity contribution < 1.29 is 13.2 Å². The first kappa shape index (κ1) is 14.3. The normalized spacial score (nSPS) is 25.4. The van der Waals surface area contributed by atoms with Crippen LogP contribution in [-0.2, 0) is 14.8 Å². The molecule has 19 heavy (non-hydrogen) atoms. The molecule has 1 atom stereocenters. The summed E-state index contributed by atoms with van der Waals surface area (Å²) >= 11 is 0. The fourth-order valence-corrected chi connectivity index (χ4v) is 4.00. The van der Waals surface area contributed by atoms with Crippen molar-refractivity contribution in [2.24, 2.45) is 0 Å². The van der Waals surface area contributed by atoms with Crippen molar-refractivity contribution in [1.29, 1.82) is 0 Å². The first-order valence-corrected chi connectivity index (χ1v) is 7.72. The third kappa shape index (κ3) is 2.91. The summed E-state index contributed by atoms with van der Waals surface area (Å²) in [5.41, 5.74) is 5.70. The number of hydrogen-bond donors (Lipinski definition) is 1. The molecule has 0 amide bonds. The van der Waals surface area contributed by atoms with Crippen LogP contribution in [-0.4, -0.2) is 38.5 Å². The molecule has 0 spiro atoms. The second-order valence-corrected chi connectivity index (χ2v) is 7.11. The summed E-state index contributed by atoms with van der Waals surface area (Å²) in [6.45, 7) is 2.84. The largest absolute Gasteiger partial charge is 0.399 e. The molecular weight excluding hydrogens is 264 g/mol. The molecule has 0 saturated carbocycles. The first-order chi connectivity index (χ1) is 8.87. The Morgan fingerprint density at radius 1 is 1.42 bits per heavy atom. The fraction of sp³-hybridized carbons (Fsp3) is 0.538. The van der Waals surface area contributed by atoms with Gasteiger partial charge in [0.25, 0.3) is 0 Å². The molecule has 1 unspecified atom stereocenters. The highest BCUT2D eigenvalue weighted by Gasteiger charge is 2.36. The Balaban J connectivity index is 2.30. The molecule has 1 aromatic carbocycles. The van der Waals surface area contributed by atoms with E-state index in [2.05, 4.69) is 0 Å². The van der Waals surface area contributed by atoms with Gasteiger partial charge in [0.2, 0.25) is 10.0 Å². The monoisotopic (exact) mass is 284 g/mol. The van der Waals surface area contributed by atoms with Gasteiger partial charge in [-0.25, -0.2) is 8.42 Å². The Bertz CT molecular complexity index is 559. The lowest BCUT2D eigenvalue weighted by molar-refractivity contribution is -0.0319. The smallest absolute Gasteiger partial charge is 0.243 e. The zero-order valence-electron chi connectivity index (χ0n) is 11.3. The van der Waals surface area contributed by atoms with E-state index in [0.29, 0.717) is 18.8 Å². The van der Waals surface area contributed by atoms with Crippen LogP contribution in [0.1, 0.15) is 19.8 Å². The predicted molar refractivity (Wildman–Crippen MR) is 74.3 cm³/mol. The molecule has 1 saturated heterocycles. The zero-order valence-corrected chi connectivity index (χ0v) is 12.1. The third-order valence-corrected chi connectivity index (χ3v) is 5.45. The van der Waals surface area contributed by atoms with Gasteiger partial charge >= 0.3 is 0 Å². The average Bonchev–Trinajstić information content (AvgIpc) is 2.39. The number of rotatable bonds is 3. The van der Waals surface area contributed by atoms with E-state index in [4.69, 9.17) is 10.5 Å². The van der Waals surface area contributed by atoms with Crippen LogP contribution in [0.2, 0.25) is 0 Å². The molecular formula is C13H20N2O3S. The van der Waals surface area contributed by atoms with E-state index >= 15 is 0 Å². The number of methoxy groups -OCH3 is 1. The number of sulfonamides is 1. The lowest BCUT2D eigenvalue weighted by atomic mass is 9.96. The summed E-state index contributed by atoms with van der Waals surface area (Å²) in [6, 6.07) is 6.40.